The number of H-pyrrole nitrogens is 2. The van der Waals surface area contributed by atoms with Crippen molar-refractivity contribution in [3.05, 3.63) is 29.0 Å². The molecule has 1 aromatic carbocycles. The summed E-state index contributed by atoms with van der Waals surface area (Å²) in [6.07, 6.45) is 0. The number of benzene rings is 1. The van der Waals surface area contributed by atoms with Crippen LogP contribution in [0.1, 0.15) is 1.43 Å². The largest absolute Gasteiger partial charge is 1.00 e. The third-order valence-corrected chi connectivity index (χ3v) is 1.63. The van der Waals surface area contributed by atoms with Gasteiger partial charge in [-0.1, -0.05) is 12.1 Å². The number of hydrogen-bond acceptors (Lipinski definition) is 1. The number of aromatic amines is 2. The van der Waals surface area contributed by atoms with Gasteiger partial charge in [-0.15, -0.1) is 0 Å². The summed E-state index contributed by atoms with van der Waals surface area (Å²) in [6, 6.07) is 7.92. The molecule has 11 heavy (non-hydrogen) atoms. The number of rotatable bonds is 0. The van der Waals surface area contributed by atoms with E-state index in [1.807, 2.05) is 24.3 Å². The van der Waals surface area contributed by atoms with Crippen molar-refractivity contribution >= 4 is 23.3 Å². The summed E-state index contributed by atoms with van der Waals surface area (Å²) in [5.41, 5.74) is 2.13. The maximum absolute atomic E-state index is 4.90. The summed E-state index contributed by atoms with van der Waals surface area (Å²) in [4.78, 5) is 6.04. The minimum atomic E-state index is 0. The molecule has 0 aliphatic heterocycles. The van der Waals surface area contributed by atoms with Crippen LogP contribution in [0.3, 0.4) is 0 Å². The second-order valence-corrected chi connectivity index (χ2v) is 2.53. The molecule has 0 unspecified atom stereocenters. The van der Waals surface area contributed by atoms with Gasteiger partial charge in [0.2, 0.25) is 0 Å². The predicted molar refractivity (Wildman–Crippen MR) is 44.6 cm³/mol. The van der Waals surface area contributed by atoms with Crippen LogP contribution in [0, 0.1) is 4.77 Å². The van der Waals surface area contributed by atoms with Crippen LogP contribution in [0.2, 0.25) is 0 Å². The molecule has 1 aromatic heterocycles. The first-order chi connectivity index (χ1) is 4.86. The van der Waals surface area contributed by atoms with E-state index in [9.17, 15) is 0 Å². The van der Waals surface area contributed by atoms with Gasteiger partial charge in [0.25, 0.3) is 0 Å². The maximum Gasteiger partial charge on any atom is 1.00 e. The predicted octanol–water partition coefficient (Wildman–Crippen LogP) is -0.658. The smallest absolute Gasteiger partial charge is 1.00 e. The van der Waals surface area contributed by atoms with Crippen molar-refractivity contribution in [1.82, 2.24) is 9.97 Å². The zero-order chi connectivity index (χ0) is 6.97. The summed E-state index contributed by atoms with van der Waals surface area (Å²) < 4.78 is 0.682. The van der Waals surface area contributed by atoms with E-state index in [0.29, 0.717) is 4.77 Å². The van der Waals surface area contributed by atoms with Crippen molar-refractivity contribution in [2.24, 2.45) is 0 Å². The van der Waals surface area contributed by atoms with E-state index in [4.69, 9.17) is 12.2 Å². The first-order valence-electron chi connectivity index (χ1n) is 3.03. The first-order valence-corrected chi connectivity index (χ1v) is 3.44. The van der Waals surface area contributed by atoms with E-state index >= 15 is 0 Å². The van der Waals surface area contributed by atoms with Gasteiger partial charge in [-0.05, 0) is 24.4 Å². The molecule has 0 bridgehead atoms. The fourth-order valence-corrected chi connectivity index (χ4v) is 1.20. The molecule has 2 aromatic rings. The van der Waals surface area contributed by atoms with E-state index in [-0.39, 0.29) is 20.3 Å². The minimum Gasteiger partial charge on any atom is -1.00 e. The molecular formula is C7H7LiN2S. The number of imidazole rings is 1. The van der Waals surface area contributed by atoms with Gasteiger partial charge >= 0.3 is 18.9 Å². The number of aromatic nitrogens is 2. The molecular weight excluding hydrogens is 151 g/mol. The Balaban J connectivity index is 0.000000605. The Morgan fingerprint density at radius 2 is 1.55 bits per heavy atom. The van der Waals surface area contributed by atoms with Crippen molar-refractivity contribution in [1.29, 1.82) is 0 Å². The minimum absolute atomic E-state index is 0. The molecule has 2 N–H and O–H groups in total. The van der Waals surface area contributed by atoms with Crippen LogP contribution in [-0.2, 0) is 0 Å². The van der Waals surface area contributed by atoms with Gasteiger partial charge in [0.1, 0.15) is 0 Å². The molecule has 1 heterocycles. The second-order valence-electron chi connectivity index (χ2n) is 2.12. The Kier molecular flexibility index (Phi) is 2.56. The van der Waals surface area contributed by atoms with Crippen molar-refractivity contribution in [2.75, 3.05) is 0 Å². The van der Waals surface area contributed by atoms with Gasteiger partial charge in [0.05, 0.1) is 11.0 Å². The van der Waals surface area contributed by atoms with Crippen LogP contribution >= 0.6 is 12.2 Å². The number of nitrogens with one attached hydrogen (secondary N) is 2. The molecule has 0 saturated carbocycles. The van der Waals surface area contributed by atoms with Crippen molar-refractivity contribution < 1.29 is 20.3 Å². The van der Waals surface area contributed by atoms with Crippen LogP contribution in [0.25, 0.3) is 11.0 Å². The number of para-hydroxylation sites is 2. The number of fused-ring (bicyclic) bond motifs is 1. The second kappa shape index (κ2) is 3.27. The molecule has 0 spiro atoms. The Hall–Kier alpha value is -0.493. The van der Waals surface area contributed by atoms with Gasteiger partial charge in [-0.3, -0.25) is 0 Å². The molecule has 2 rings (SSSR count). The summed E-state index contributed by atoms with van der Waals surface area (Å²) in [7, 11) is 0. The van der Waals surface area contributed by atoms with Gasteiger partial charge in [-0.2, -0.15) is 0 Å². The Morgan fingerprint density at radius 3 is 2.00 bits per heavy atom. The number of hydrogen-bond donors (Lipinski definition) is 2. The zero-order valence-electron chi connectivity index (χ0n) is 7.22. The average molecular weight is 158 g/mol. The van der Waals surface area contributed by atoms with Crippen molar-refractivity contribution in [2.45, 2.75) is 0 Å². The topological polar surface area (TPSA) is 31.6 Å². The van der Waals surface area contributed by atoms with E-state index in [2.05, 4.69) is 9.97 Å². The third kappa shape index (κ3) is 1.56. The maximum atomic E-state index is 4.90. The van der Waals surface area contributed by atoms with Gasteiger partial charge in [-0.25, -0.2) is 0 Å². The Labute approximate surface area is 82.7 Å². The fraction of sp³-hybridized carbons (Fsp3) is 0. The fourth-order valence-electron chi connectivity index (χ4n) is 0.977. The summed E-state index contributed by atoms with van der Waals surface area (Å²) in [5.74, 6) is 0. The summed E-state index contributed by atoms with van der Waals surface area (Å²) in [6.45, 7) is 0. The normalized spacial score (nSPS) is 9.45. The Bertz CT molecular complexity index is 373. The van der Waals surface area contributed by atoms with Crippen molar-refractivity contribution in [3.8, 4) is 0 Å². The molecule has 0 saturated heterocycles. The first kappa shape index (κ1) is 8.60. The average Bonchev–Trinajstić information content (AvgIpc) is 2.27. The summed E-state index contributed by atoms with van der Waals surface area (Å²) >= 11 is 4.90. The van der Waals surface area contributed by atoms with Crippen LogP contribution in [0.4, 0.5) is 0 Å². The molecule has 52 valence electrons. The molecule has 0 aliphatic carbocycles. The van der Waals surface area contributed by atoms with E-state index in [1.54, 1.807) is 0 Å². The zero-order valence-corrected chi connectivity index (χ0v) is 7.03. The van der Waals surface area contributed by atoms with E-state index in [1.165, 1.54) is 0 Å². The van der Waals surface area contributed by atoms with Crippen LogP contribution < -0.4 is 18.9 Å². The quantitative estimate of drug-likeness (QED) is 0.387. The summed E-state index contributed by atoms with van der Waals surface area (Å²) in [5, 5.41) is 0. The standard InChI is InChI=1S/C7H6N2S.Li.H/c10-7-8-5-3-1-2-4-6(5)9-7;;/h1-4H,(H2,8,9,10);;/q;+1;-1. The van der Waals surface area contributed by atoms with Crippen LogP contribution in [0.15, 0.2) is 24.3 Å². The molecule has 0 atom stereocenters. The molecule has 0 radical (unpaired) electrons. The van der Waals surface area contributed by atoms with Gasteiger partial charge < -0.3 is 11.4 Å². The Morgan fingerprint density at radius 1 is 1.09 bits per heavy atom. The van der Waals surface area contributed by atoms with Gasteiger partial charge in [0.15, 0.2) is 4.77 Å². The van der Waals surface area contributed by atoms with Gasteiger partial charge in [0, 0.05) is 0 Å². The van der Waals surface area contributed by atoms with E-state index < -0.39 is 0 Å². The molecule has 0 fully saturated rings. The molecule has 0 aliphatic rings. The SMILES string of the molecule is S=c1[nH]c2ccccc2[nH]1.[H-].[Li+]. The van der Waals surface area contributed by atoms with E-state index in [0.717, 1.165) is 11.0 Å². The monoisotopic (exact) mass is 158 g/mol. The molecule has 2 nitrogen and oxygen atoms in total. The molecule has 4 heteroatoms. The third-order valence-electron chi connectivity index (χ3n) is 1.42. The van der Waals surface area contributed by atoms with Crippen molar-refractivity contribution in [3.63, 3.8) is 0 Å². The van der Waals surface area contributed by atoms with Crippen LogP contribution in [0.5, 0.6) is 0 Å². The van der Waals surface area contributed by atoms with Crippen LogP contribution in [-0.4, -0.2) is 9.97 Å². The molecule has 0 amide bonds.